The standard InChI is InChI=1S/C16H11ClF3N3O2S/c1-24-11-3-2-4-12-13(11)14(23-25-12)22-15(26)21-8-5-6-10(17)9(7-8)16(18,19)20/h2-7H,1H3,(H2,21,22,23,26). The Morgan fingerprint density at radius 2 is 2.00 bits per heavy atom. The lowest BCUT2D eigenvalue weighted by molar-refractivity contribution is -0.137. The fourth-order valence-electron chi connectivity index (χ4n) is 2.31. The summed E-state index contributed by atoms with van der Waals surface area (Å²) in [6.45, 7) is 0. The summed E-state index contributed by atoms with van der Waals surface area (Å²) in [5, 5.41) is 9.50. The van der Waals surface area contributed by atoms with E-state index in [-0.39, 0.29) is 16.6 Å². The van der Waals surface area contributed by atoms with Gasteiger partial charge in [0.05, 0.1) is 17.7 Å². The van der Waals surface area contributed by atoms with E-state index in [1.807, 2.05) is 0 Å². The number of aromatic nitrogens is 1. The van der Waals surface area contributed by atoms with E-state index in [1.54, 1.807) is 18.2 Å². The summed E-state index contributed by atoms with van der Waals surface area (Å²) in [5.74, 6) is 0.792. The van der Waals surface area contributed by atoms with Gasteiger partial charge in [-0.15, -0.1) is 0 Å². The first kappa shape index (κ1) is 18.3. The molecule has 0 fully saturated rings. The minimum Gasteiger partial charge on any atom is -0.496 e. The number of hydrogen-bond acceptors (Lipinski definition) is 4. The number of methoxy groups -OCH3 is 1. The molecule has 136 valence electrons. The maximum atomic E-state index is 12.9. The first-order chi connectivity index (χ1) is 12.3. The van der Waals surface area contributed by atoms with Crippen molar-refractivity contribution in [1.82, 2.24) is 5.16 Å². The number of hydrogen-bond donors (Lipinski definition) is 2. The van der Waals surface area contributed by atoms with Crippen LogP contribution < -0.4 is 15.4 Å². The van der Waals surface area contributed by atoms with Crippen LogP contribution in [0, 0.1) is 0 Å². The van der Waals surface area contributed by atoms with Crippen LogP contribution in [0.1, 0.15) is 5.56 Å². The molecule has 26 heavy (non-hydrogen) atoms. The van der Waals surface area contributed by atoms with E-state index in [0.29, 0.717) is 16.7 Å². The van der Waals surface area contributed by atoms with E-state index >= 15 is 0 Å². The van der Waals surface area contributed by atoms with E-state index in [2.05, 4.69) is 15.8 Å². The summed E-state index contributed by atoms with van der Waals surface area (Å²) < 4.78 is 49.2. The van der Waals surface area contributed by atoms with Crippen LogP contribution in [0.2, 0.25) is 5.02 Å². The van der Waals surface area contributed by atoms with Crippen LogP contribution in [-0.4, -0.2) is 17.4 Å². The molecule has 1 heterocycles. The van der Waals surface area contributed by atoms with Gasteiger partial charge in [0.15, 0.2) is 16.5 Å². The van der Waals surface area contributed by atoms with Crippen LogP contribution in [0.15, 0.2) is 40.9 Å². The number of halogens is 4. The fraction of sp³-hybridized carbons (Fsp3) is 0.125. The highest BCUT2D eigenvalue weighted by Gasteiger charge is 2.33. The molecule has 2 N–H and O–H groups in total. The maximum absolute atomic E-state index is 12.9. The number of fused-ring (bicyclic) bond motifs is 1. The van der Waals surface area contributed by atoms with Gasteiger partial charge in [-0.2, -0.15) is 13.2 Å². The highest BCUT2D eigenvalue weighted by atomic mass is 35.5. The van der Waals surface area contributed by atoms with Gasteiger partial charge in [-0.05, 0) is 42.5 Å². The average Bonchev–Trinajstić information content (AvgIpc) is 2.98. The van der Waals surface area contributed by atoms with Crippen molar-refractivity contribution in [2.45, 2.75) is 6.18 Å². The molecule has 0 spiro atoms. The van der Waals surface area contributed by atoms with Crippen molar-refractivity contribution in [3.05, 3.63) is 47.0 Å². The second kappa shape index (κ2) is 7.00. The zero-order chi connectivity index (χ0) is 18.9. The Balaban J connectivity index is 1.82. The molecule has 2 aromatic carbocycles. The van der Waals surface area contributed by atoms with Gasteiger partial charge in [-0.1, -0.05) is 22.8 Å². The van der Waals surface area contributed by atoms with Crippen molar-refractivity contribution in [2.24, 2.45) is 0 Å². The molecule has 0 radical (unpaired) electrons. The van der Waals surface area contributed by atoms with Gasteiger partial charge >= 0.3 is 6.18 Å². The summed E-state index contributed by atoms with van der Waals surface area (Å²) >= 11 is 10.7. The van der Waals surface area contributed by atoms with Crippen LogP contribution in [0.4, 0.5) is 24.7 Å². The fourth-order valence-corrected chi connectivity index (χ4v) is 2.75. The normalized spacial score (nSPS) is 11.4. The third kappa shape index (κ3) is 3.68. The van der Waals surface area contributed by atoms with E-state index in [0.717, 1.165) is 12.1 Å². The molecular formula is C16H11ClF3N3O2S. The molecule has 0 aliphatic heterocycles. The highest BCUT2D eigenvalue weighted by molar-refractivity contribution is 7.80. The molecule has 5 nitrogen and oxygen atoms in total. The van der Waals surface area contributed by atoms with Gasteiger partial charge in [0, 0.05) is 5.69 Å². The van der Waals surface area contributed by atoms with E-state index in [4.69, 9.17) is 33.1 Å². The van der Waals surface area contributed by atoms with Crippen LogP contribution in [0.5, 0.6) is 5.75 Å². The van der Waals surface area contributed by atoms with Crippen LogP contribution in [-0.2, 0) is 6.18 Å². The predicted molar refractivity (Wildman–Crippen MR) is 96.9 cm³/mol. The van der Waals surface area contributed by atoms with Gasteiger partial charge in [0.1, 0.15) is 11.1 Å². The predicted octanol–water partition coefficient (Wildman–Crippen LogP) is 5.32. The van der Waals surface area contributed by atoms with Crippen molar-refractivity contribution >= 4 is 51.4 Å². The van der Waals surface area contributed by atoms with Gasteiger partial charge in [-0.25, -0.2) is 0 Å². The zero-order valence-corrected chi connectivity index (χ0v) is 14.7. The number of alkyl halides is 3. The summed E-state index contributed by atoms with van der Waals surface area (Å²) in [5.41, 5.74) is -0.361. The van der Waals surface area contributed by atoms with Gasteiger partial charge in [0.25, 0.3) is 0 Å². The summed E-state index contributed by atoms with van der Waals surface area (Å²) in [6, 6.07) is 8.55. The highest BCUT2D eigenvalue weighted by Crippen LogP contribution is 2.36. The number of benzene rings is 2. The minimum atomic E-state index is -4.57. The largest absolute Gasteiger partial charge is 0.496 e. The average molecular weight is 402 g/mol. The molecule has 0 atom stereocenters. The van der Waals surface area contributed by atoms with Gasteiger partial charge in [0.2, 0.25) is 0 Å². The lowest BCUT2D eigenvalue weighted by Crippen LogP contribution is -2.20. The van der Waals surface area contributed by atoms with E-state index < -0.39 is 16.8 Å². The van der Waals surface area contributed by atoms with Crippen LogP contribution in [0.25, 0.3) is 11.0 Å². The molecule has 0 saturated carbocycles. The molecule has 0 saturated heterocycles. The second-order valence-corrected chi connectivity index (χ2v) is 5.95. The van der Waals surface area contributed by atoms with Crippen molar-refractivity contribution in [1.29, 1.82) is 0 Å². The number of rotatable bonds is 3. The van der Waals surface area contributed by atoms with Gasteiger partial charge in [-0.3, -0.25) is 0 Å². The summed E-state index contributed by atoms with van der Waals surface area (Å²) in [7, 11) is 1.49. The molecule has 1 aromatic heterocycles. The molecule has 0 aliphatic rings. The maximum Gasteiger partial charge on any atom is 0.417 e. The van der Waals surface area contributed by atoms with E-state index in [1.165, 1.54) is 13.2 Å². The summed E-state index contributed by atoms with van der Waals surface area (Å²) in [6.07, 6.45) is -4.57. The zero-order valence-electron chi connectivity index (χ0n) is 13.1. The van der Waals surface area contributed by atoms with Gasteiger partial charge < -0.3 is 19.9 Å². The quantitative estimate of drug-likeness (QED) is 0.579. The Kier molecular flexibility index (Phi) is 4.92. The number of ether oxygens (including phenoxy) is 1. The Morgan fingerprint density at radius 3 is 2.69 bits per heavy atom. The lowest BCUT2D eigenvalue weighted by Gasteiger charge is -2.13. The molecule has 3 rings (SSSR count). The monoisotopic (exact) mass is 401 g/mol. The Morgan fingerprint density at radius 1 is 1.23 bits per heavy atom. The summed E-state index contributed by atoms with van der Waals surface area (Å²) in [4.78, 5) is 0. The number of nitrogens with zero attached hydrogens (tertiary/aromatic N) is 1. The number of anilines is 2. The first-order valence-corrected chi connectivity index (χ1v) is 7.95. The van der Waals surface area contributed by atoms with Crippen LogP contribution >= 0.6 is 23.8 Å². The van der Waals surface area contributed by atoms with Crippen LogP contribution in [0.3, 0.4) is 0 Å². The third-order valence-corrected chi connectivity index (χ3v) is 3.98. The van der Waals surface area contributed by atoms with Crippen molar-refractivity contribution < 1.29 is 22.4 Å². The van der Waals surface area contributed by atoms with Crippen molar-refractivity contribution in [3.63, 3.8) is 0 Å². The lowest BCUT2D eigenvalue weighted by atomic mass is 10.2. The Bertz CT molecular complexity index is 975. The first-order valence-electron chi connectivity index (χ1n) is 7.16. The number of nitrogens with one attached hydrogen (secondary N) is 2. The van der Waals surface area contributed by atoms with E-state index in [9.17, 15) is 13.2 Å². The minimum absolute atomic E-state index is 0.0292. The number of thiocarbonyl (C=S) groups is 1. The third-order valence-electron chi connectivity index (χ3n) is 3.44. The Hall–Kier alpha value is -2.52. The molecule has 0 bridgehead atoms. The SMILES string of the molecule is COc1cccc2onc(NC(=S)Nc3ccc(Cl)c(C(F)(F)F)c3)c12. The van der Waals surface area contributed by atoms with Crippen molar-refractivity contribution in [3.8, 4) is 5.75 Å². The Labute approximate surface area is 156 Å². The topological polar surface area (TPSA) is 59.3 Å². The molecular weight excluding hydrogens is 391 g/mol. The smallest absolute Gasteiger partial charge is 0.417 e. The van der Waals surface area contributed by atoms with Crippen molar-refractivity contribution in [2.75, 3.05) is 17.7 Å². The molecule has 0 amide bonds. The molecule has 3 aromatic rings. The second-order valence-electron chi connectivity index (χ2n) is 5.14. The molecule has 0 aliphatic carbocycles. The molecule has 10 heteroatoms. The molecule has 0 unspecified atom stereocenters.